The molecule has 38 heavy (non-hydrogen) atoms. The van der Waals surface area contributed by atoms with Gasteiger partial charge in [-0.05, 0) is 67.4 Å². The number of carbonyl (C=O) groups is 2. The topological polar surface area (TPSA) is 96.0 Å². The summed E-state index contributed by atoms with van der Waals surface area (Å²) in [6, 6.07) is 19.0. The van der Waals surface area contributed by atoms with E-state index in [4.69, 9.17) is 16.3 Å². The van der Waals surface area contributed by atoms with Crippen LogP contribution in [0.15, 0.2) is 77.7 Å². The third-order valence-electron chi connectivity index (χ3n) is 6.36. The molecule has 0 spiro atoms. The summed E-state index contributed by atoms with van der Waals surface area (Å²) in [5, 5.41) is 3.08. The second kappa shape index (κ2) is 12.3. The molecule has 1 heterocycles. The summed E-state index contributed by atoms with van der Waals surface area (Å²) in [4.78, 5) is 28.3. The van der Waals surface area contributed by atoms with Crippen molar-refractivity contribution in [3.05, 3.63) is 83.4 Å². The predicted octanol–water partition coefficient (Wildman–Crippen LogP) is 5.20. The highest BCUT2D eigenvalue weighted by atomic mass is 35.5. The first-order valence-electron chi connectivity index (χ1n) is 12.4. The maximum Gasteiger partial charge on any atom is 0.264 e. The second-order valence-electron chi connectivity index (χ2n) is 8.97. The van der Waals surface area contributed by atoms with Crippen molar-refractivity contribution in [2.75, 3.05) is 36.4 Å². The number of halogens is 1. The summed E-state index contributed by atoms with van der Waals surface area (Å²) < 4.78 is 33.4. The van der Waals surface area contributed by atoms with E-state index < -0.39 is 22.5 Å². The molecule has 8 nitrogen and oxygen atoms in total. The van der Waals surface area contributed by atoms with Gasteiger partial charge in [-0.3, -0.25) is 13.9 Å². The highest BCUT2D eigenvalue weighted by molar-refractivity contribution is 7.92. The Morgan fingerprint density at radius 3 is 2.29 bits per heavy atom. The summed E-state index contributed by atoms with van der Waals surface area (Å²) in [5.74, 6) is -0.250. The van der Waals surface area contributed by atoms with Gasteiger partial charge in [0.1, 0.15) is 12.3 Å². The molecule has 1 fully saturated rings. The molecule has 1 saturated heterocycles. The van der Waals surface area contributed by atoms with Gasteiger partial charge in [-0.1, -0.05) is 42.6 Å². The number of benzene rings is 3. The third-order valence-corrected chi connectivity index (χ3v) is 8.38. The number of rotatable bonds is 8. The summed E-state index contributed by atoms with van der Waals surface area (Å²) in [5.41, 5.74) is 0.937. The molecule has 1 aliphatic heterocycles. The van der Waals surface area contributed by atoms with Crippen molar-refractivity contribution in [2.45, 2.75) is 30.6 Å². The molecule has 0 atom stereocenters. The number of likely N-dealkylation sites (tertiary alicyclic amines) is 1. The maximum absolute atomic E-state index is 13.6. The number of nitrogens with zero attached hydrogens (tertiary/aromatic N) is 2. The molecule has 3 aromatic carbocycles. The molecule has 3 aromatic rings. The van der Waals surface area contributed by atoms with Gasteiger partial charge in [0, 0.05) is 18.1 Å². The lowest BCUT2D eigenvalue weighted by atomic mass is 10.1. The van der Waals surface area contributed by atoms with Gasteiger partial charge >= 0.3 is 0 Å². The van der Waals surface area contributed by atoms with Crippen molar-refractivity contribution >= 4 is 44.8 Å². The van der Waals surface area contributed by atoms with Crippen LogP contribution in [0.1, 0.15) is 36.0 Å². The fraction of sp³-hybridized carbons (Fsp3) is 0.286. The van der Waals surface area contributed by atoms with E-state index in [9.17, 15) is 18.0 Å². The Labute approximate surface area is 228 Å². The van der Waals surface area contributed by atoms with Crippen LogP contribution >= 0.6 is 11.6 Å². The molecule has 4 rings (SSSR count). The lowest BCUT2D eigenvalue weighted by Gasteiger charge is -2.25. The van der Waals surface area contributed by atoms with Crippen molar-refractivity contribution in [1.82, 2.24) is 4.90 Å². The Bertz CT molecular complexity index is 1390. The van der Waals surface area contributed by atoms with E-state index in [2.05, 4.69) is 5.32 Å². The van der Waals surface area contributed by atoms with Gasteiger partial charge in [-0.15, -0.1) is 0 Å². The van der Waals surface area contributed by atoms with Crippen LogP contribution in [0.5, 0.6) is 5.75 Å². The molecular weight excluding hydrogens is 526 g/mol. The number of methoxy groups -OCH3 is 1. The highest BCUT2D eigenvalue weighted by Gasteiger charge is 2.28. The molecule has 1 aliphatic rings. The summed E-state index contributed by atoms with van der Waals surface area (Å²) in [6.45, 7) is 0.814. The van der Waals surface area contributed by atoms with Crippen LogP contribution in [0.2, 0.25) is 5.02 Å². The van der Waals surface area contributed by atoms with E-state index in [0.717, 1.165) is 30.0 Å². The Balaban J connectivity index is 1.61. The largest absolute Gasteiger partial charge is 0.497 e. The Morgan fingerprint density at radius 2 is 1.63 bits per heavy atom. The maximum atomic E-state index is 13.6. The zero-order valence-electron chi connectivity index (χ0n) is 21.1. The number of anilines is 2. The van der Waals surface area contributed by atoms with Crippen molar-refractivity contribution in [3.8, 4) is 5.75 Å². The van der Waals surface area contributed by atoms with E-state index in [-0.39, 0.29) is 16.5 Å². The lowest BCUT2D eigenvalue weighted by molar-refractivity contribution is -0.114. The van der Waals surface area contributed by atoms with Crippen molar-refractivity contribution in [1.29, 1.82) is 0 Å². The van der Waals surface area contributed by atoms with Gasteiger partial charge in [0.2, 0.25) is 5.91 Å². The van der Waals surface area contributed by atoms with Gasteiger partial charge in [0.15, 0.2) is 0 Å². The van der Waals surface area contributed by atoms with E-state index in [1.165, 1.54) is 37.4 Å². The number of sulfonamides is 1. The Hall–Kier alpha value is -3.56. The lowest BCUT2D eigenvalue weighted by Crippen LogP contribution is -2.38. The van der Waals surface area contributed by atoms with Crippen LogP contribution in [0.3, 0.4) is 0 Å². The SMILES string of the molecule is COc1ccc(S(=O)(=O)N(CC(=O)Nc2ccccc2C(=O)N2CCCCCC2)c2cccc(Cl)c2)cc1. The molecular formula is C28H30ClN3O5S. The molecule has 2 amide bonds. The number of ether oxygens (including phenoxy) is 1. The van der Waals surface area contributed by atoms with Crippen LogP contribution in [0.4, 0.5) is 11.4 Å². The minimum Gasteiger partial charge on any atom is -0.497 e. The normalized spacial score (nSPS) is 13.9. The van der Waals surface area contributed by atoms with E-state index in [1.54, 1.807) is 42.5 Å². The minimum absolute atomic E-state index is 0.0113. The fourth-order valence-electron chi connectivity index (χ4n) is 4.36. The molecule has 0 unspecified atom stereocenters. The molecule has 10 heteroatoms. The summed E-state index contributed by atoms with van der Waals surface area (Å²) in [6.07, 6.45) is 4.06. The molecule has 0 radical (unpaired) electrons. The van der Waals surface area contributed by atoms with Crippen LogP contribution in [0.25, 0.3) is 0 Å². The fourth-order valence-corrected chi connectivity index (χ4v) is 5.96. The monoisotopic (exact) mass is 555 g/mol. The quantitative estimate of drug-likeness (QED) is 0.412. The van der Waals surface area contributed by atoms with Gasteiger partial charge < -0.3 is 15.0 Å². The Morgan fingerprint density at radius 1 is 0.947 bits per heavy atom. The summed E-state index contributed by atoms with van der Waals surface area (Å²) in [7, 11) is -2.66. The zero-order chi connectivity index (χ0) is 27.1. The predicted molar refractivity (Wildman–Crippen MR) is 148 cm³/mol. The van der Waals surface area contributed by atoms with Crippen molar-refractivity contribution in [2.24, 2.45) is 0 Å². The van der Waals surface area contributed by atoms with Crippen LogP contribution in [-0.4, -0.2) is 51.9 Å². The molecule has 0 bridgehead atoms. The standard InChI is InChI=1S/C28H30ClN3O5S/c1-37-23-13-15-24(16-14-23)38(35,36)32(22-10-8-9-21(29)19-22)20-27(33)30-26-12-5-4-11-25(26)28(34)31-17-6-2-3-7-18-31/h4-5,8-16,19H,2-3,6-7,17-18,20H2,1H3,(H,30,33). The first-order chi connectivity index (χ1) is 18.3. The van der Waals surface area contributed by atoms with Gasteiger partial charge in [-0.2, -0.15) is 0 Å². The molecule has 0 aliphatic carbocycles. The smallest absolute Gasteiger partial charge is 0.264 e. The number of para-hydroxylation sites is 1. The summed E-state index contributed by atoms with van der Waals surface area (Å²) >= 11 is 6.15. The van der Waals surface area contributed by atoms with Crippen molar-refractivity contribution < 1.29 is 22.7 Å². The number of nitrogens with one attached hydrogen (secondary N) is 1. The molecule has 200 valence electrons. The number of carbonyl (C=O) groups excluding carboxylic acids is 2. The average Bonchev–Trinajstić information content (AvgIpc) is 3.21. The van der Waals surface area contributed by atoms with Crippen molar-refractivity contribution in [3.63, 3.8) is 0 Å². The number of amides is 2. The van der Waals surface area contributed by atoms with Gasteiger partial charge in [0.05, 0.1) is 28.9 Å². The van der Waals surface area contributed by atoms with Crippen LogP contribution in [0, 0.1) is 0 Å². The minimum atomic E-state index is -4.15. The van der Waals surface area contributed by atoms with Gasteiger partial charge in [-0.25, -0.2) is 8.42 Å². The third kappa shape index (κ3) is 6.46. The average molecular weight is 556 g/mol. The van der Waals surface area contributed by atoms with E-state index in [0.29, 0.717) is 35.1 Å². The number of hydrogen-bond donors (Lipinski definition) is 1. The molecule has 0 saturated carbocycles. The van der Waals surface area contributed by atoms with Crippen LogP contribution in [-0.2, 0) is 14.8 Å². The van der Waals surface area contributed by atoms with Crippen LogP contribution < -0.4 is 14.4 Å². The Kier molecular flexibility index (Phi) is 8.91. The first kappa shape index (κ1) is 27.5. The second-order valence-corrected chi connectivity index (χ2v) is 11.3. The number of hydrogen-bond acceptors (Lipinski definition) is 5. The first-order valence-corrected chi connectivity index (χ1v) is 14.2. The van der Waals surface area contributed by atoms with E-state index in [1.807, 2.05) is 4.90 Å². The highest BCUT2D eigenvalue weighted by Crippen LogP contribution is 2.28. The zero-order valence-corrected chi connectivity index (χ0v) is 22.7. The van der Waals surface area contributed by atoms with E-state index >= 15 is 0 Å². The molecule has 1 N–H and O–H groups in total. The van der Waals surface area contributed by atoms with Gasteiger partial charge in [0.25, 0.3) is 15.9 Å². The molecule has 0 aromatic heterocycles.